The predicted molar refractivity (Wildman–Crippen MR) is 72.5 cm³/mol. The summed E-state index contributed by atoms with van der Waals surface area (Å²) >= 11 is 6.12. The fourth-order valence-corrected chi connectivity index (χ4v) is 2.07. The Labute approximate surface area is 113 Å². The van der Waals surface area contributed by atoms with Gasteiger partial charge >= 0.3 is 0 Å². The van der Waals surface area contributed by atoms with Crippen molar-refractivity contribution in [2.24, 2.45) is 0 Å². The molecule has 0 bridgehead atoms. The van der Waals surface area contributed by atoms with Crippen LogP contribution in [-0.4, -0.2) is 38.4 Å². The second-order valence-corrected chi connectivity index (χ2v) is 4.79. The predicted octanol–water partition coefficient (Wildman–Crippen LogP) is 2.11. The van der Waals surface area contributed by atoms with Gasteiger partial charge in [-0.05, 0) is 31.3 Å². The molecule has 1 heterocycles. The average Bonchev–Trinajstić information content (AvgIpc) is 2.83. The van der Waals surface area contributed by atoms with E-state index >= 15 is 0 Å². The lowest BCUT2D eigenvalue weighted by Gasteiger charge is -2.14. The molecule has 0 saturated heterocycles. The zero-order valence-electron chi connectivity index (χ0n) is 10.8. The van der Waals surface area contributed by atoms with Crippen LogP contribution in [-0.2, 0) is 6.54 Å². The van der Waals surface area contributed by atoms with Crippen molar-refractivity contribution >= 4 is 11.6 Å². The van der Waals surface area contributed by atoms with Crippen LogP contribution in [0, 0.1) is 0 Å². The first-order chi connectivity index (χ1) is 8.70. The molecule has 5 heteroatoms. The Bertz CT molecular complexity index is 412. The second-order valence-electron chi connectivity index (χ2n) is 4.38. The third kappa shape index (κ3) is 3.28. The van der Waals surface area contributed by atoms with Crippen LogP contribution in [0.4, 0.5) is 0 Å². The summed E-state index contributed by atoms with van der Waals surface area (Å²) in [5.74, 6) is 1.40. The highest BCUT2D eigenvalue weighted by atomic mass is 35.5. The lowest BCUT2D eigenvalue weighted by molar-refractivity contribution is 0.174. The van der Waals surface area contributed by atoms with Gasteiger partial charge in [0.25, 0.3) is 0 Å². The van der Waals surface area contributed by atoms with Crippen molar-refractivity contribution in [1.82, 2.24) is 10.2 Å². The topological polar surface area (TPSA) is 33.7 Å². The Hall–Kier alpha value is -0.970. The number of likely N-dealkylation sites (N-methyl/N-ethyl adjacent to an activating group) is 1. The molecular weight excluding hydrogens is 252 g/mol. The van der Waals surface area contributed by atoms with E-state index in [1.807, 2.05) is 12.1 Å². The minimum Gasteiger partial charge on any atom is -0.454 e. The van der Waals surface area contributed by atoms with Crippen LogP contribution < -0.4 is 14.8 Å². The number of benzene rings is 1. The normalized spacial score (nSPS) is 13.3. The molecule has 0 spiro atoms. The van der Waals surface area contributed by atoms with E-state index in [0.717, 1.165) is 37.5 Å². The van der Waals surface area contributed by atoms with Crippen molar-refractivity contribution in [2.75, 3.05) is 33.5 Å². The molecule has 100 valence electrons. The quantitative estimate of drug-likeness (QED) is 0.803. The van der Waals surface area contributed by atoms with Gasteiger partial charge in [-0.2, -0.15) is 0 Å². The maximum atomic E-state index is 6.12. The first-order valence-electron chi connectivity index (χ1n) is 6.18. The molecule has 0 aliphatic carbocycles. The fraction of sp³-hybridized carbons (Fsp3) is 0.538. The molecular formula is C13H19ClN2O2. The van der Waals surface area contributed by atoms with Gasteiger partial charge in [0.05, 0.1) is 5.02 Å². The first kappa shape index (κ1) is 13.5. The number of nitrogens with zero attached hydrogens (tertiary/aromatic N) is 1. The molecule has 0 saturated carbocycles. The zero-order valence-corrected chi connectivity index (χ0v) is 11.6. The first-order valence-corrected chi connectivity index (χ1v) is 6.55. The number of halogens is 1. The molecule has 0 aromatic heterocycles. The maximum absolute atomic E-state index is 6.12. The molecule has 0 atom stereocenters. The van der Waals surface area contributed by atoms with Gasteiger partial charge < -0.3 is 19.7 Å². The summed E-state index contributed by atoms with van der Waals surface area (Å²) in [4.78, 5) is 2.26. The highest BCUT2D eigenvalue weighted by Crippen LogP contribution is 2.39. The number of nitrogens with one attached hydrogen (secondary N) is 1. The van der Waals surface area contributed by atoms with Crippen LogP contribution >= 0.6 is 11.6 Å². The molecule has 1 N–H and O–H groups in total. The van der Waals surface area contributed by atoms with Crippen molar-refractivity contribution in [2.45, 2.75) is 13.5 Å². The van der Waals surface area contributed by atoms with Gasteiger partial charge in [-0.15, -0.1) is 0 Å². The molecule has 1 aromatic carbocycles. The summed E-state index contributed by atoms with van der Waals surface area (Å²) in [6.07, 6.45) is 0. The van der Waals surface area contributed by atoms with Crippen molar-refractivity contribution in [3.8, 4) is 11.5 Å². The molecule has 0 fully saturated rings. The Morgan fingerprint density at radius 1 is 1.39 bits per heavy atom. The van der Waals surface area contributed by atoms with Gasteiger partial charge in [-0.1, -0.05) is 18.5 Å². The Morgan fingerprint density at radius 2 is 2.22 bits per heavy atom. The minimum atomic E-state index is 0.257. The third-order valence-electron chi connectivity index (χ3n) is 3.03. The van der Waals surface area contributed by atoms with E-state index in [1.165, 1.54) is 0 Å². The average molecular weight is 271 g/mol. The summed E-state index contributed by atoms with van der Waals surface area (Å²) in [5, 5.41) is 4.01. The van der Waals surface area contributed by atoms with Crippen LogP contribution in [0.3, 0.4) is 0 Å². The summed E-state index contributed by atoms with van der Waals surface area (Å²) in [6, 6.07) is 3.90. The minimum absolute atomic E-state index is 0.257. The van der Waals surface area contributed by atoms with Gasteiger partial charge in [-0.3, -0.25) is 0 Å². The lowest BCUT2D eigenvalue weighted by Crippen LogP contribution is -2.28. The number of ether oxygens (including phenoxy) is 2. The van der Waals surface area contributed by atoms with E-state index in [1.54, 1.807) is 0 Å². The molecule has 1 aromatic rings. The van der Waals surface area contributed by atoms with E-state index in [0.29, 0.717) is 10.8 Å². The van der Waals surface area contributed by atoms with E-state index < -0.39 is 0 Å². The van der Waals surface area contributed by atoms with Gasteiger partial charge in [0.15, 0.2) is 11.5 Å². The van der Waals surface area contributed by atoms with Gasteiger partial charge in [0, 0.05) is 19.6 Å². The number of rotatable bonds is 6. The van der Waals surface area contributed by atoms with Crippen LogP contribution in [0.25, 0.3) is 0 Å². The number of hydrogen-bond acceptors (Lipinski definition) is 4. The van der Waals surface area contributed by atoms with Crippen molar-refractivity contribution < 1.29 is 9.47 Å². The van der Waals surface area contributed by atoms with Gasteiger partial charge in [0.1, 0.15) is 0 Å². The Balaban J connectivity index is 1.85. The highest BCUT2D eigenvalue weighted by Gasteiger charge is 2.17. The molecule has 4 nitrogen and oxygen atoms in total. The Morgan fingerprint density at radius 3 is 3.00 bits per heavy atom. The number of hydrogen-bond donors (Lipinski definition) is 1. The van der Waals surface area contributed by atoms with E-state index in [9.17, 15) is 0 Å². The van der Waals surface area contributed by atoms with Crippen LogP contribution in [0.15, 0.2) is 12.1 Å². The molecule has 18 heavy (non-hydrogen) atoms. The monoisotopic (exact) mass is 270 g/mol. The largest absolute Gasteiger partial charge is 0.454 e. The third-order valence-corrected chi connectivity index (χ3v) is 3.31. The summed E-state index contributed by atoms with van der Waals surface area (Å²) in [6.45, 7) is 6.25. The van der Waals surface area contributed by atoms with Gasteiger partial charge in [0.2, 0.25) is 6.79 Å². The summed E-state index contributed by atoms with van der Waals surface area (Å²) in [5.41, 5.74) is 1.11. The summed E-state index contributed by atoms with van der Waals surface area (Å²) < 4.78 is 10.6. The fourth-order valence-electron chi connectivity index (χ4n) is 1.78. The molecule has 2 rings (SSSR count). The zero-order chi connectivity index (χ0) is 13.0. The van der Waals surface area contributed by atoms with Crippen molar-refractivity contribution in [3.05, 3.63) is 22.7 Å². The molecule has 0 amide bonds. The van der Waals surface area contributed by atoms with E-state index in [4.69, 9.17) is 21.1 Å². The van der Waals surface area contributed by atoms with Crippen LogP contribution in [0.2, 0.25) is 5.02 Å². The molecule has 0 radical (unpaired) electrons. The molecule has 1 aliphatic heterocycles. The summed E-state index contributed by atoms with van der Waals surface area (Å²) in [7, 11) is 2.11. The maximum Gasteiger partial charge on any atom is 0.231 e. The van der Waals surface area contributed by atoms with Crippen molar-refractivity contribution in [3.63, 3.8) is 0 Å². The van der Waals surface area contributed by atoms with E-state index in [2.05, 4.69) is 24.2 Å². The van der Waals surface area contributed by atoms with Crippen LogP contribution in [0.1, 0.15) is 12.5 Å². The van der Waals surface area contributed by atoms with Crippen LogP contribution in [0.5, 0.6) is 11.5 Å². The highest BCUT2D eigenvalue weighted by molar-refractivity contribution is 6.32. The van der Waals surface area contributed by atoms with Crippen molar-refractivity contribution in [1.29, 1.82) is 0 Å². The SMILES string of the molecule is CCN(C)CCNCc1cc(Cl)c2c(c1)OCO2. The standard InChI is InChI=1S/C13H19ClN2O2/c1-3-16(2)5-4-15-8-10-6-11(14)13-12(7-10)17-9-18-13/h6-7,15H,3-5,8-9H2,1-2H3. The lowest BCUT2D eigenvalue weighted by atomic mass is 10.2. The Kier molecular flexibility index (Phi) is 4.69. The molecule has 1 aliphatic rings. The van der Waals surface area contributed by atoms with E-state index in [-0.39, 0.29) is 6.79 Å². The number of fused-ring (bicyclic) bond motifs is 1. The second kappa shape index (κ2) is 6.27. The van der Waals surface area contributed by atoms with Gasteiger partial charge in [-0.25, -0.2) is 0 Å². The molecule has 0 unspecified atom stereocenters. The smallest absolute Gasteiger partial charge is 0.231 e.